The highest BCUT2D eigenvalue weighted by Gasteiger charge is 2.76. The van der Waals surface area contributed by atoms with Gasteiger partial charge in [0.25, 0.3) is 0 Å². The van der Waals surface area contributed by atoms with Crippen LogP contribution >= 0.6 is 0 Å². The maximum Gasteiger partial charge on any atom is 0.332 e. The van der Waals surface area contributed by atoms with Gasteiger partial charge >= 0.3 is 11.9 Å². The molecule has 0 aromatic heterocycles. The predicted octanol–water partition coefficient (Wildman–Crippen LogP) is 1.66. The zero-order valence-electron chi connectivity index (χ0n) is 16.3. The van der Waals surface area contributed by atoms with Gasteiger partial charge in [0.1, 0.15) is 19.3 Å². The van der Waals surface area contributed by atoms with E-state index in [1.807, 2.05) is 20.8 Å². The third-order valence-electron chi connectivity index (χ3n) is 7.39. The molecule has 0 amide bonds. The summed E-state index contributed by atoms with van der Waals surface area (Å²) in [6.07, 6.45) is 2.37. The standard InChI is InChI=1S/C20H30O7/c1-4-19(2,3)17(22)25-6-5-24-13(21)10-26-15-12-7-11-8-20(9-12)14(11)16(15)27-18(20)23/h11-12,14-17,22H,4-10H2,1-3H3. The van der Waals surface area contributed by atoms with Gasteiger partial charge < -0.3 is 24.1 Å². The van der Waals surface area contributed by atoms with Crippen LogP contribution in [0.4, 0.5) is 0 Å². The van der Waals surface area contributed by atoms with E-state index in [0.29, 0.717) is 11.8 Å². The number of aliphatic hydroxyl groups excluding tert-OH is 1. The van der Waals surface area contributed by atoms with Gasteiger partial charge in [-0.15, -0.1) is 0 Å². The topological polar surface area (TPSA) is 91.3 Å². The molecule has 5 saturated carbocycles. The quantitative estimate of drug-likeness (QED) is 0.368. The fraction of sp³-hybridized carbons (Fsp3) is 0.900. The molecule has 1 spiro atoms. The Morgan fingerprint density at radius 3 is 2.81 bits per heavy atom. The number of carbonyl (C=O) groups excluding carboxylic acids is 2. The lowest BCUT2D eigenvalue weighted by Gasteiger charge is -2.62. The van der Waals surface area contributed by atoms with Crippen molar-refractivity contribution in [1.82, 2.24) is 0 Å². The number of carbonyl (C=O) groups is 2. The molecule has 152 valence electrons. The van der Waals surface area contributed by atoms with Crippen LogP contribution in [0.2, 0.25) is 0 Å². The summed E-state index contributed by atoms with van der Waals surface area (Å²) in [7, 11) is 0. The third-order valence-corrected chi connectivity index (χ3v) is 7.39. The number of aliphatic hydroxyl groups is 1. The minimum absolute atomic E-state index is 0.0576. The smallest absolute Gasteiger partial charge is 0.332 e. The van der Waals surface area contributed by atoms with Crippen LogP contribution in [-0.2, 0) is 28.5 Å². The second kappa shape index (κ2) is 6.71. The predicted molar refractivity (Wildman–Crippen MR) is 93.4 cm³/mol. The van der Waals surface area contributed by atoms with E-state index in [9.17, 15) is 14.7 Å². The molecule has 1 aliphatic heterocycles. The molecule has 6 rings (SSSR count). The van der Waals surface area contributed by atoms with Crippen molar-refractivity contribution in [3.63, 3.8) is 0 Å². The molecular weight excluding hydrogens is 352 g/mol. The van der Waals surface area contributed by atoms with Crippen molar-refractivity contribution < 1.29 is 33.6 Å². The molecule has 7 heteroatoms. The molecule has 7 atom stereocenters. The molecule has 1 N–H and O–H groups in total. The van der Waals surface area contributed by atoms with Crippen LogP contribution in [0.3, 0.4) is 0 Å². The maximum atomic E-state index is 12.2. The van der Waals surface area contributed by atoms with Gasteiger partial charge in [-0.25, -0.2) is 4.79 Å². The van der Waals surface area contributed by atoms with Gasteiger partial charge in [0.05, 0.1) is 18.1 Å². The van der Waals surface area contributed by atoms with Crippen LogP contribution in [0, 0.1) is 28.6 Å². The first-order valence-corrected chi connectivity index (χ1v) is 10.1. The second-order valence-electron chi connectivity index (χ2n) is 9.28. The Balaban J connectivity index is 1.18. The summed E-state index contributed by atoms with van der Waals surface area (Å²) in [6.45, 7) is 5.87. The molecule has 7 nitrogen and oxygen atoms in total. The molecule has 1 saturated heterocycles. The number of rotatable bonds is 9. The summed E-state index contributed by atoms with van der Waals surface area (Å²) in [6, 6.07) is 0. The molecule has 0 aromatic rings. The molecular formula is C20H30O7. The lowest BCUT2D eigenvalue weighted by atomic mass is 9.40. The third kappa shape index (κ3) is 2.98. The first-order chi connectivity index (χ1) is 12.8. The van der Waals surface area contributed by atoms with Gasteiger partial charge in [-0.1, -0.05) is 20.8 Å². The fourth-order valence-electron chi connectivity index (χ4n) is 5.55. The Hall–Kier alpha value is -1.18. The highest BCUT2D eigenvalue weighted by molar-refractivity contribution is 5.82. The lowest BCUT2D eigenvalue weighted by Crippen LogP contribution is -2.65. The molecule has 27 heavy (non-hydrogen) atoms. The first-order valence-electron chi connectivity index (χ1n) is 10.1. The van der Waals surface area contributed by atoms with Crippen molar-refractivity contribution in [2.24, 2.45) is 28.6 Å². The largest absolute Gasteiger partial charge is 0.462 e. The van der Waals surface area contributed by atoms with E-state index in [2.05, 4.69) is 0 Å². The molecule has 1 heterocycles. The zero-order chi connectivity index (χ0) is 19.4. The monoisotopic (exact) mass is 382 g/mol. The first kappa shape index (κ1) is 19.2. The average molecular weight is 382 g/mol. The van der Waals surface area contributed by atoms with Gasteiger partial charge in [-0.2, -0.15) is 0 Å². The SMILES string of the molecule is CCC(C)(C)C(O)OCCOC(=O)COC1C2CC3CC4(C2)C(=O)OC1C34. The summed E-state index contributed by atoms with van der Waals surface area (Å²) in [5, 5.41) is 9.95. The van der Waals surface area contributed by atoms with Crippen LogP contribution in [0.15, 0.2) is 0 Å². The highest BCUT2D eigenvalue weighted by atomic mass is 16.6. The summed E-state index contributed by atoms with van der Waals surface area (Å²) in [5.41, 5.74) is -0.576. The Labute approximate surface area is 159 Å². The van der Waals surface area contributed by atoms with E-state index in [-0.39, 0.29) is 54.7 Å². The van der Waals surface area contributed by atoms with Gasteiger partial charge in [0.15, 0.2) is 6.29 Å². The van der Waals surface area contributed by atoms with Crippen molar-refractivity contribution in [3.8, 4) is 0 Å². The fourth-order valence-corrected chi connectivity index (χ4v) is 5.55. The Morgan fingerprint density at radius 2 is 2.07 bits per heavy atom. The van der Waals surface area contributed by atoms with E-state index in [1.54, 1.807) is 0 Å². The Morgan fingerprint density at radius 1 is 1.33 bits per heavy atom. The summed E-state index contributed by atoms with van der Waals surface area (Å²) < 4.78 is 21.9. The summed E-state index contributed by atoms with van der Waals surface area (Å²) in [4.78, 5) is 24.2. The van der Waals surface area contributed by atoms with E-state index < -0.39 is 12.3 Å². The van der Waals surface area contributed by atoms with E-state index >= 15 is 0 Å². The molecule has 7 unspecified atom stereocenters. The molecule has 6 aliphatic rings. The zero-order valence-corrected chi connectivity index (χ0v) is 16.3. The minimum Gasteiger partial charge on any atom is -0.462 e. The van der Waals surface area contributed by atoms with E-state index in [4.69, 9.17) is 18.9 Å². The number of ether oxygens (including phenoxy) is 4. The Kier molecular flexibility index (Phi) is 4.76. The lowest BCUT2D eigenvalue weighted by molar-refractivity contribution is -0.209. The van der Waals surface area contributed by atoms with Crippen LogP contribution in [0.5, 0.6) is 0 Å². The van der Waals surface area contributed by atoms with Gasteiger partial charge in [0.2, 0.25) is 0 Å². The second-order valence-corrected chi connectivity index (χ2v) is 9.28. The molecule has 0 radical (unpaired) electrons. The average Bonchev–Trinajstić information content (AvgIpc) is 2.82. The number of hydrogen-bond acceptors (Lipinski definition) is 7. The molecule has 0 aromatic carbocycles. The van der Waals surface area contributed by atoms with Crippen LogP contribution in [0.25, 0.3) is 0 Å². The van der Waals surface area contributed by atoms with Gasteiger partial charge in [0, 0.05) is 11.3 Å². The van der Waals surface area contributed by atoms with Crippen LogP contribution in [-0.4, -0.2) is 55.4 Å². The van der Waals surface area contributed by atoms with Gasteiger partial charge in [-0.05, 0) is 37.5 Å². The van der Waals surface area contributed by atoms with Crippen molar-refractivity contribution in [1.29, 1.82) is 0 Å². The molecule has 6 fully saturated rings. The van der Waals surface area contributed by atoms with E-state index in [1.165, 1.54) is 0 Å². The van der Waals surface area contributed by atoms with Crippen molar-refractivity contribution in [2.75, 3.05) is 19.8 Å². The molecule has 5 aliphatic carbocycles. The van der Waals surface area contributed by atoms with Crippen molar-refractivity contribution in [3.05, 3.63) is 0 Å². The van der Waals surface area contributed by atoms with E-state index in [0.717, 1.165) is 25.7 Å². The maximum absolute atomic E-state index is 12.2. The summed E-state index contributed by atoms with van der Waals surface area (Å²) >= 11 is 0. The summed E-state index contributed by atoms with van der Waals surface area (Å²) in [5.74, 6) is 0.648. The number of hydrogen-bond donors (Lipinski definition) is 1. The minimum atomic E-state index is -0.897. The van der Waals surface area contributed by atoms with Crippen molar-refractivity contribution >= 4 is 11.9 Å². The van der Waals surface area contributed by atoms with Crippen LogP contribution < -0.4 is 0 Å². The van der Waals surface area contributed by atoms with Crippen LogP contribution in [0.1, 0.15) is 46.5 Å². The highest BCUT2D eigenvalue weighted by Crippen LogP contribution is 2.72. The van der Waals surface area contributed by atoms with Gasteiger partial charge in [-0.3, -0.25) is 4.79 Å². The van der Waals surface area contributed by atoms with Crippen molar-refractivity contribution in [2.45, 2.75) is 65.0 Å². The Bertz CT molecular complexity index is 617. The number of esters is 2. The normalized spacial score (nSPS) is 39.7. The molecule has 5 bridgehead atoms.